The number of hydrogen-bond donors (Lipinski definition) is 2. The van der Waals surface area contributed by atoms with E-state index in [9.17, 15) is 9.59 Å². The number of carbonyl (C=O) groups excluding carboxylic acids is 2. The lowest BCUT2D eigenvalue weighted by molar-refractivity contribution is 0.101. The minimum absolute atomic E-state index is 0.181. The second-order valence-electron chi connectivity index (χ2n) is 5.92. The maximum absolute atomic E-state index is 12.7. The fourth-order valence-corrected chi connectivity index (χ4v) is 3.86. The molecule has 0 saturated carbocycles. The van der Waals surface area contributed by atoms with Gasteiger partial charge in [-0.1, -0.05) is 36.0 Å². The molecule has 27 heavy (non-hydrogen) atoms. The van der Waals surface area contributed by atoms with E-state index in [1.807, 2.05) is 36.4 Å². The Kier molecular flexibility index (Phi) is 4.56. The average molecular weight is 376 g/mol. The third kappa shape index (κ3) is 3.39. The monoisotopic (exact) mass is 376 g/mol. The number of methoxy groups -OCH3 is 1. The van der Waals surface area contributed by atoms with E-state index in [2.05, 4.69) is 10.6 Å². The summed E-state index contributed by atoms with van der Waals surface area (Å²) in [5.74, 6) is 0.127. The Morgan fingerprint density at radius 3 is 2.63 bits per heavy atom. The maximum Gasteiger partial charge on any atom is 0.256 e. The highest BCUT2D eigenvalue weighted by atomic mass is 32.2. The molecular formula is C21H16N2O3S. The molecule has 6 heteroatoms. The van der Waals surface area contributed by atoms with Crippen LogP contribution < -0.4 is 15.4 Å². The third-order valence-corrected chi connectivity index (χ3v) is 5.35. The summed E-state index contributed by atoms with van der Waals surface area (Å²) in [5, 5.41) is 5.74. The van der Waals surface area contributed by atoms with Gasteiger partial charge in [-0.05, 0) is 42.5 Å². The molecule has 0 bridgehead atoms. The molecule has 0 unspecified atom stereocenters. The molecule has 3 aromatic rings. The molecule has 4 rings (SSSR count). The van der Waals surface area contributed by atoms with Gasteiger partial charge in [-0.15, -0.1) is 0 Å². The molecule has 134 valence electrons. The van der Waals surface area contributed by atoms with Crippen molar-refractivity contribution in [1.29, 1.82) is 0 Å². The number of nitrogens with one attached hydrogen (secondary N) is 2. The number of benzene rings is 3. The van der Waals surface area contributed by atoms with Crippen molar-refractivity contribution in [2.24, 2.45) is 0 Å². The van der Waals surface area contributed by atoms with Crippen molar-refractivity contribution in [3.05, 3.63) is 77.9 Å². The highest BCUT2D eigenvalue weighted by Crippen LogP contribution is 2.39. The number of rotatable bonds is 3. The molecule has 2 amide bonds. The van der Waals surface area contributed by atoms with Crippen LogP contribution in [0.15, 0.2) is 76.5 Å². The van der Waals surface area contributed by atoms with Gasteiger partial charge >= 0.3 is 0 Å². The van der Waals surface area contributed by atoms with Crippen LogP contribution in [0.4, 0.5) is 11.4 Å². The predicted octanol–water partition coefficient (Wildman–Crippen LogP) is 4.66. The second kappa shape index (κ2) is 7.17. The van der Waals surface area contributed by atoms with Gasteiger partial charge in [0.15, 0.2) is 0 Å². The fraction of sp³-hybridized carbons (Fsp3) is 0.0476. The molecular weight excluding hydrogens is 360 g/mol. The number of para-hydroxylation sites is 2. The Morgan fingerprint density at radius 2 is 1.78 bits per heavy atom. The zero-order valence-electron chi connectivity index (χ0n) is 14.5. The van der Waals surface area contributed by atoms with E-state index in [0.29, 0.717) is 28.3 Å². The van der Waals surface area contributed by atoms with Gasteiger partial charge in [0.1, 0.15) is 5.75 Å². The van der Waals surface area contributed by atoms with Crippen molar-refractivity contribution >= 4 is 35.0 Å². The lowest BCUT2D eigenvalue weighted by Crippen LogP contribution is -2.15. The first-order chi connectivity index (χ1) is 13.2. The van der Waals surface area contributed by atoms with Gasteiger partial charge in [-0.2, -0.15) is 0 Å². The van der Waals surface area contributed by atoms with Crippen molar-refractivity contribution in [2.75, 3.05) is 17.7 Å². The van der Waals surface area contributed by atoms with Crippen LogP contribution in [0.3, 0.4) is 0 Å². The molecule has 0 aromatic heterocycles. The fourth-order valence-electron chi connectivity index (χ4n) is 2.85. The number of anilines is 2. The first-order valence-corrected chi connectivity index (χ1v) is 9.14. The highest BCUT2D eigenvalue weighted by molar-refractivity contribution is 7.99. The van der Waals surface area contributed by atoms with Crippen molar-refractivity contribution in [2.45, 2.75) is 9.79 Å². The largest absolute Gasteiger partial charge is 0.495 e. The maximum atomic E-state index is 12.7. The predicted molar refractivity (Wildman–Crippen MR) is 106 cm³/mol. The van der Waals surface area contributed by atoms with Crippen molar-refractivity contribution in [1.82, 2.24) is 0 Å². The van der Waals surface area contributed by atoms with E-state index >= 15 is 0 Å². The van der Waals surface area contributed by atoms with E-state index in [-0.39, 0.29) is 11.8 Å². The van der Waals surface area contributed by atoms with Crippen LogP contribution in [-0.2, 0) is 0 Å². The molecule has 1 aliphatic heterocycles. The van der Waals surface area contributed by atoms with E-state index in [0.717, 1.165) is 9.79 Å². The topological polar surface area (TPSA) is 67.4 Å². The van der Waals surface area contributed by atoms with Crippen LogP contribution in [-0.4, -0.2) is 18.9 Å². The van der Waals surface area contributed by atoms with Crippen LogP contribution in [0, 0.1) is 0 Å². The van der Waals surface area contributed by atoms with Gasteiger partial charge in [0.05, 0.1) is 24.0 Å². The minimum Gasteiger partial charge on any atom is -0.495 e. The molecule has 1 aliphatic rings. The molecule has 1 heterocycles. The lowest BCUT2D eigenvalue weighted by Gasteiger charge is -2.12. The van der Waals surface area contributed by atoms with Gasteiger partial charge in [0.2, 0.25) is 0 Å². The van der Waals surface area contributed by atoms with E-state index < -0.39 is 0 Å². The minimum atomic E-state index is -0.275. The van der Waals surface area contributed by atoms with Crippen molar-refractivity contribution in [3.8, 4) is 5.75 Å². The standard InChI is InChI=1S/C21H16N2O3S/c1-26-17-8-4-3-7-15(17)22-20(24)13-10-11-19-16(12-13)23-21(25)14-6-2-5-9-18(14)27-19/h2-12H,1H3,(H,22,24)(H,23,25). The SMILES string of the molecule is COc1ccccc1NC(=O)c1ccc2c(c1)NC(=O)c1ccccc1S2. The van der Waals surface area contributed by atoms with E-state index in [4.69, 9.17) is 4.74 Å². The van der Waals surface area contributed by atoms with Crippen LogP contribution in [0.1, 0.15) is 20.7 Å². The number of hydrogen-bond acceptors (Lipinski definition) is 4. The Bertz CT molecular complexity index is 1050. The second-order valence-corrected chi connectivity index (χ2v) is 7.00. The van der Waals surface area contributed by atoms with Gasteiger partial charge in [-0.3, -0.25) is 9.59 Å². The Balaban J connectivity index is 1.63. The molecule has 3 aromatic carbocycles. The summed E-state index contributed by atoms with van der Waals surface area (Å²) in [5.41, 5.74) is 2.28. The summed E-state index contributed by atoms with van der Waals surface area (Å²) in [6, 6.07) is 19.9. The van der Waals surface area contributed by atoms with Gasteiger partial charge in [0, 0.05) is 15.4 Å². The molecule has 0 radical (unpaired) electrons. The summed E-state index contributed by atoms with van der Waals surface area (Å²) >= 11 is 1.50. The van der Waals surface area contributed by atoms with E-state index in [1.54, 1.807) is 37.4 Å². The van der Waals surface area contributed by atoms with Crippen LogP contribution >= 0.6 is 11.8 Å². The third-order valence-electron chi connectivity index (χ3n) is 4.20. The first-order valence-electron chi connectivity index (χ1n) is 8.32. The van der Waals surface area contributed by atoms with Crippen LogP contribution in [0.2, 0.25) is 0 Å². The molecule has 0 fully saturated rings. The van der Waals surface area contributed by atoms with E-state index in [1.165, 1.54) is 11.8 Å². The molecule has 0 saturated heterocycles. The van der Waals surface area contributed by atoms with Crippen molar-refractivity contribution < 1.29 is 14.3 Å². The average Bonchev–Trinajstić information content (AvgIpc) is 2.83. The number of amides is 2. The summed E-state index contributed by atoms with van der Waals surface area (Å²) in [7, 11) is 1.55. The van der Waals surface area contributed by atoms with Crippen LogP contribution in [0.25, 0.3) is 0 Å². The number of carbonyl (C=O) groups is 2. The number of ether oxygens (including phenoxy) is 1. The summed E-state index contributed by atoms with van der Waals surface area (Å²) < 4.78 is 5.26. The smallest absolute Gasteiger partial charge is 0.256 e. The highest BCUT2D eigenvalue weighted by Gasteiger charge is 2.21. The Hall–Kier alpha value is -3.25. The zero-order chi connectivity index (χ0) is 18.8. The van der Waals surface area contributed by atoms with Crippen molar-refractivity contribution in [3.63, 3.8) is 0 Å². The van der Waals surface area contributed by atoms with Crippen LogP contribution in [0.5, 0.6) is 5.75 Å². The molecule has 0 spiro atoms. The summed E-state index contributed by atoms with van der Waals surface area (Å²) in [6.07, 6.45) is 0. The summed E-state index contributed by atoms with van der Waals surface area (Å²) in [6.45, 7) is 0. The molecule has 0 aliphatic carbocycles. The summed E-state index contributed by atoms with van der Waals surface area (Å²) in [4.78, 5) is 26.9. The molecule has 5 nitrogen and oxygen atoms in total. The number of fused-ring (bicyclic) bond motifs is 2. The van der Waals surface area contributed by atoms with Gasteiger partial charge < -0.3 is 15.4 Å². The van der Waals surface area contributed by atoms with Gasteiger partial charge in [0.25, 0.3) is 11.8 Å². The molecule has 2 N–H and O–H groups in total. The quantitative estimate of drug-likeness (QED) is 0.697. The molecule has 0 atom stereocenters. The Morgan fingerprint density at radius 1 is 1.00 bits per heavy atom. The normalized spacial score (nSPS) is 12.3. The zero-order valence-corrected chi connectivity index (χ0v) is 15.3. The first kappa shape index (κ1) is 17.2. The lowest BCUT2D eigenvalue weighted by atomic mass is 10.1. The Labute approximate surface area is 160 Å². The van der Waals surface area contributed by atoms with Gasteiger partial charge in [-0.25, -0.2) is 0 Å².